The summed E-state index contributed by atoms with van der Waals surface area (Å²) >= 11 is 0. The van der Waals surface area contributed by atoms with Gasteiger partial charge in [-0.25, -0.2) is 0 Å². The Balaban J connectivity index is 6.36. The highest BCUT2D eigenvalue weighted by Gasteiger charge is 2.46. The molecule has 0 amide bonds. The third kappa shape index (κ3) is 9.64. The summed E-state index contributed by atoms with van der Waals surface area (Å²) in [5.74, 6) is 4.22. The van der Waals surface area contributed by atoms with Crippen LogP contribution in [0.25, 0.3) is 0 Å². The second-order valence-corrected chi connectivity index (χ2v) is 15.3. The zero-order valence-electron chi connectivity index (χ0n) is 26.4. The first-order valence-corrected chi connectivity index (χ1v) is 15.0. The van der Waals surface area contributed by atoms with Gasteiger partial charge in [-0.2, -0.15) is 0 Å². The smallest absolute Gasteiger partial charge is 0.306 e. The van der Waals surface area contributed by atoms with Crippen molar-refractivity contribution in [2.24, 2.45) is 53.3 Å². The Bertz CT molecular complexity index is 471. The van der Waals surface area contributed by atoms with E-state index in [1.165, 1.54) is 0 Å². The quantitative estimate of drug-likeness (QED) is 0.208. The summed E-state index contributed by atoms with van der Waals surface area (Å²) in [5.41, 5.74) is -1.09. The minimum atomic E-state index is -1.57. The van der Waals surface area contributed by atoms with Crippen LogP contribution in [0.3, 0.4) is 0 Å². The molecular formula is C30H63O3P. The number of hydrogen-bond acceptors (Lipinski definition) is 3. The molecule has 0 spiro atoms. The Morgan fingerprint density at radius 3 is 0.618 bits per heavy atom. The molecule has 0 aliphatic carbocycles. The van der Waals surface area contributed by atoms with Crippen molar-refractivity contribution in [3.05, 3.63) is 0 Å². The van der Waals surface area contributed by atoms with E-state index in [9.17, 15) is 0 Å². The molecule has 0 aromatic rings. The molecule has 0 aromatic heterocycles. The lowest BCUT2D eigenvalue weighted by Gasteiger charge is -2.47. The maximum atomic E-state index is 6.93. The Kier molecular flexibility index (Phi) is 13.3. The lowest BCUT2D eigenvalue weighted by atomic mass is 9.75. The second-order valence-electron chi connectivity index (χ2n) is 14.3. The number of rotatable bonds is 15. The zero-order chi connectivity index (χ0) is 27.4. The zero-order valence-corrected chi connectivity index (χ0v) is 27.3. The summed E-state index contributed by atoms with van der Waals surface area (Å²) in [4.78, 5) is 0. The summed E-state index contributed by atoms with van der Waals surface area (Å²) in [6, 6.07) is 0. The van der Waals surface area contributed by atoms with E-state index in [-0.39, 0.29) is 16.8 Å². The largest absolute Gasteiger partial charge is 0.334 e. The van der Waals surface area contributed by atoms with Crippen molar-refractivity contribution in [3.63, 3.8) is 0 Å². The summed E-state index contributed by atoms with van der Waals surface area (Å²) in [7, 11) is -1.57. The molecule has 4 heteroatoms. The normalized spacial score (nSPS) is 14.8. The summed E-state index contributed by atoms with van der Waals surface area (Å²) < 4.78 is 20.8. The minimum absolute atomic E-state index is 0.365. The first-order chi connectivity index (χ1) is 15.1. The monoisotopic (exact) mass is 502 g/mol. The van der Waals surface area contributed by atoms with Gasteiger partial charge in [0.05, 0.1) is 16.8 Å². The van der Waals surface area contributed by atoms with Crippen LogP contribution in [0.15, 0.2) is 0 Å². The second kappa shape index (κ2) is 13.2. The van der Waals surface area contributed by atoms with Crippen LogP contribution in [0.1, 0.15) is 125 Å². The molecule has 0 radical (unpaired) electrons. The fraction of sp³-hybridized carbons (Fsp3) is 1.00. The van der Waals surface area contributed by atoms with Crippen LogP contribution in [-0.2, 0) is 13.6 Å². The van der Waals surface area contributed by atoms with Crippen LogP contribution in [0, 0.1) is 53.3 Å². The molecule has 3 nitrogen and oxygen atoms in total. The first-order valence-electron chi connectivity index (χ1n) is 14.0. The van der Waals surface area contributed by atoms with E-state index >= 15 is 0 Å². The lowest BCUT2D eigenvalue weighted by molar-refractivity contribution is -0.0905. The van der Waals surface area contributed by atoms with E-state index in [0.29, 0.717) is 53.3 Å². The Hall–Kier alpha value is 0.310. The van der Waals surface area contributed by atoms with Crippen LogP contribution in [0.2, 0.25) is 0 Å². The van der Waals surface area contributed by atoms with E-state index < -0.39 is 8.60 Å². The minimum Gasteiger partial charge on any atom is -0.306 e. The molecule has 0 aliphatic heterocycles. The van der Waals surface area contributed by atoms with Gasteiger partial charge in [0.1, 0.15) is 0 Å². The highest BCUT2D eigenvalue weighted by atomic mass is 31.2. The van der Waals surface area contributed by atoms with Crippen molar-refractivity contribution < 1.29 is 13.6 Å². The van der Waals surface area contributed by atoms with Crippen molar-refractivity contribution in [2.75, 3.05) is 0 Å². The Morgan fingerprint density at radius 1 is 0.353 bits per heavy atom. The average Bonchev–Trinajstić information content (AvgIpc) is 2.48. The van der Waals surface area contributed by atoms with Gasteiger partial charge < -0.3 is 13.6 Å². The van der Waals surface area contributed by atoms with Crippen molar-refractivity contribution in [1.29, 1.82) is 0 Å². The van der Waals surface area contributed by atoms with Crippen LogP contribution in [0.4, 0.5) is 0 Å². The van der Waals surface area contributed by atoms with E-state index in [1.54, 1.807) is 0 Å². The van der Waals surface area contributed by atoms with Gasteiger partial charge in [-0.15, -0.1) is 0 Å². The standard InChI is InChI=1S/C30H63O3P/c1-19(2)25(20(3)4)28(13,14)31-34(32-29(15,16)26(21(5)6)22(7)8)33-30(17,18)27(23(9)10)24(11)12/h19-27H,1-18H3. The molecule has 0 atom stereocenters. The van der Waals surface area contributed by atoms with E-state index in [0.717, 1.165) is 0 Å². The van der Waals surface area contributed by atoms with Crippen molar-refractivity contribution >= 4 is 8.60 Å². The number of hydrogen-bond donors (Lipinski definition) is 0. The molecule has 0 unspecified atom stereocenters. The lowest BCUT2D eigenvalue weighted by Crippen LogP contribution is -2.45. The molecule has 206 valence electrons. The van der Waals surface area contributed by atoms with Crippen molar-refractivity contribution in [3.8, 4) is 0 Å². The van der Waals surface area contributed by atoms with Crippen LogP contribution in [-0.4, -0.2) is 16.8 Å². The molecule has 0 N–H and O–H groups in total. The van der Waals surface area contributed by atoms with E-state index in [1.807, 2.05) is 0 Å². The van der Waals surface area contributed by atoms with Gasteiger partial charge >= 0.3 is 8.60 Å². The van der Waals surface area contributed by atoms with Gasteiger partial charge in [0.2, 0.25) is 0 Å². The maximum Gasteiger partial charge on any atom is 0.334 e. The SMILES string of the molecule is CC(C)C(C(C)C)C(C)(C)OP(OC(C)(C)C(C(C)C)C(C)C)OC(C)(C)C(C(C)C)C(C)C. The van der Waals surface area contributed by atoms with Crippen molar-refractivity contribution in [2.45, 2.75) is 141 Å². The maximum absolute atomic E-state index is 6.93. The molecule has 0 aliphatic rings. The summed E-state index contributed by atoms with van der Waals surface area (Å²) in [5, 5.41) is 0. The third-order valence-electron chi connectivity index (χ3n) is 7.65. The van der Waals surface area contributed by atoms with Crippen LogP contribution in [0.5, 0.6) is 0 Å². The summed E-state index contributed by atoms with van der Waals surface area (Å²) in [6.07, 6.45) is 0. The molecule has 0 fully saturated rings. The highest BCUT2D eigenvalue weighted by Crippen LogP contribution is 2.56. The topological polar surface area (TPSA) is 27.7 Å². The predicted molar refractivity (Wildman–Crippen MR) is 152 cm³/mol. The van der Waals surface area contributed by atoms with Gasteiger partial charge in [0.15, 0.2) is 0 Å². The average molecular weight is 503 g/mol. The fourth-order valence-corrected chi connectivity index (χ4v) is 9.57. The van der Waals surface area contributed by atoms with E-state index in [4.69, 9.17) is 13.6 Å². The van der Waals surface area contributed by atoms with Gasteiger partial charge in [0.25, 0.3) is 0 Å². The van der Waals surface area contributed by atoms with Crippen LogP contribution < -0.4 is 0 Å². The first kappa shape index (κ1) is 34.3. The molecular weight excluding hydrogens is 439 g/mol. The van der Waals surface area contributed by atoms with Crippen molar-refractivity contribution in [1.82, 2.24) is 0 Å². The Labute approximate surface area is 216 Å². The summed E-state index contributed by atoms with van der Waals surface area (Å²) in [6.45, 7) is 41.0. The molecule has 0 saturated heterocycles. The van der Waals surface area contributed by atoms with Crippen LogP contribution >= 0.6 is 8.60 Å². The van der Waals surface area contributed by atoms with Gasteiger partial charge in [0, 0.05) is 0 Å². The molecule has 0 aromatic carbocycles. The van der Waals surface area contributed by atoms with Gasteiger partial charge in [-0.05, 0) is 94.8 Å². The fourth-order valence-electron chi connectivity index (χ4n) is 7.94. The third-order valence-corrected chi connectivity index (χ3v) is 9.51. The Morgan fingerprint density at radius 2 is 0.500 bits per heavy atom. The molecule has 0 bridgehead atoms. The predicted octanol–water partition coefficient (Wildman–Crippen LogP) is 10.4. The molecule has 0 heterocycles. The van der Waals surface area contributed by atoms with E-state index in [2.05, 4.69) is 125 Å². The van der Waals surface area contributed by atoms with Gasteiger partial charge in [-0.1, -0.05) is 83.1 Å². The molecule has 0 rings (SSSR count). The highest BCUT2D eigenvalue weighted by molar-refractivity contribution is 7.41. The van der Waals surface area contributed by atoms with Gasteiger partial charge in [-0.3, -0.25) is 0 Å². The molecule has 0 saturated carbocycles. The molecule has 34 heavy (non-hydrogen) atoms.